The van der Waals surface area contributed by atoms with Crippen LogP contribution in [0.3, 0.4) is 0 Å². The van der Waals surface area contributed by atoms with Crippen molar-refractivity contribution in [1.29, 1.82) is 0 Å². The average Bonchev–Trinajstić information content (AvgIpc) is 2.70. The number of benzene rings is 3. The molecule has 0 aliphatic heterocycles. The van der Waals surface area contributed by atoms with E-state index in [1.54, 1.807) is 18.2 Å². The lowest BCUT2D eigenvalue weighted by Gasteiger charge is -2.30. The summed E-state index contributed by atoms with van der Waals surface area (Å²) >= 11 is 24.4. The minimum Gasteiger partial charge on any atom is -0.480 e. The molecular weight excluding hydrogens is 480 g/mol. The number of rotatable bonds is 7. The molecule has 0 aliphatic carbocycles. The topological polar surface area (TPSA) is 57.6 Å². The van der Waals surface area contributed by atoms with Gasteiger partial charge in [-0.25, -0.2) is 4.79 Å². The van der Waals surface area contributed by atoms with E-state index in [4.69, 9.17) is 46.4 Å². The third-order valence-corrected chi connectivity index (χ3v) is 5.62. The highest BCUT2D eigenvalue weighted by Gasteiger charge is 2.32. The van der Waals surface area contributed by atoms with Gasteiger partial charge in [0, 0.05) is 28.0 Å². The summed E-state index contributed by atoms with van der Waals surface area (Å²) in [6.45, 7) is -0.0259. The standard InChI is InChI=1S/C23H17Cl4NO3/c24-16-6-7-19(20(27)12-16)22(29)28(13-15-8-17(25)11-18(26)9-15)21(23(30)31)10-14-4-2-1-3-5-14/h1-9,11-12,21H,10,13H2,(H,30,31)/t21-/m0/s1. The zero-order chi connectivity index (χ0) is 22.5. The molecule has 3 aromatic carbocycles. The van der Waals surface area contributed by atoms with Gasteiger partial charge in [-0.1, -0.05) is 76.7 Å². The van der Waals surface area contributed by atoms with Gasteiger partial charge in [0.2, 0.25) is 0 Å². The maximum atomic E-state index is 13.5. The van der Waals surface area contributed by atoms with E-state index in [9.17, 15) is 14.7 Å². The van der Waals surface area contributed by atoms with Crippen LogP contribution in [-0.2, 0) is 17.8 Å². The van der Waals surface area contributed by atoms with Crippen molar-refractivity contribution in [2.75, 3.05) is 0 Å². The summed E-state index contributed by atoms with van der Waals surface area (Å²) in [4.78, 5) is 27.0. The zero-order valence-corrected chi connectivity index (χ0v) is 19.1. The SMILES string of the molecule is O=C(O)[C@H](Cc1ccccc1)N(Cc1cc(Cl)cc(Cl)c1)C(=O)c1ccc(Cl)cc1Cl. The van der Waals surface area contributed by atoms with Crippen molar-refractivity contribution in [3.05, 3.63) is 104 Å². The molecule has 31 heavy (non-hydrogen) atoms. The number of carboxylic acids is 1. The molecular formula is C23H17Cl4NO3. The maximum Gasteiger partial charge on any atom is 0.326 e. The van der Waals surface area contributed by atoms with Crippen LogP contribution in [0.1, 0.15) is 21.5 Å². The van der Waals surface area contributed by atoms with Gasteiger partial charge in [0.25, 0.3) is 5.91 Å². The van der Waals surface area contributed by atoms with Crippen LogP contribution in [0.2, 0.25) is 20.1 Å². The molecule has 1 atom stereocenters. The largest absolute Gasteiger partial charge is 0.480 e. The Labute approximate surface area is 199 Å². The number of halogens is 4. The van der Waals surface area contributed by atoms with Crippen molar-refractivity contribution in [3.63, 3.8) is 0 Å². The molecule has 0 unspecified atom stereocenters. The predicted octanol–water partition coefficient (Wildman–Crippen LogP) is 6.64. The molecule has 1 amide bonds. The van der Waals surface area contributed by atoms with Crippen molar-refractivity contribution in [2.24, 2.45) is 0 Å². The number of aliphatic carboxylic acids is 1. The summed E-state index contributed by atoms with van der Waals surface area (Å²) in [5, 5.41) is 11.3. The Morgan fingerprint density at radius 2 is 1.45 bits per heavy atom. The molecule has 0 aliphatic rings. The van der Waals surface area contributed by atoms with Gasteiger partial charge in [-0.15, -0.1) is 0 Å². The minimum atomic E-state index is -1.15. The van der Waals surface area contributed by atoms with Gasteiger partial charge < -0.3 is 10.0 Å². The van der Waals surface area contributed by atoms with Gasteiger partial charge in [-0.05, 0) is 47.5 Å². The molecule has 1 N–H and O–H groups in total. The molecule has 160 valence electrons. The van der Waals surface area contributed by atoms with Gasteiger partial charge in [-0.2, -0.15) is 0 Å². The van der Waals surface area contributed by atoms with Crippen LogP contribution in [0.4, 0.5) is 0 Å². The van der Waals surface area contributed by atoms with Crippen LogP contribution in [0.25, 0.3) is 0 Å². The number of hydrogen-bond acceptors (Lipinski definition) is 2. The van der Waals surface area contributed by atoms with E-state index in [-0.39, 0.29) is 23.6 Å². The Balaban J connectivity index is 2.04. The highest BCUT2D eigenvalue weighted by atomic mass is 35.5. The summed E-state index contributed by atoms with van der Waals surface area (Å²) in [6, 6.07) is 17.2. The summed E-state index contributed by atoms with van der Waals surface area (Å²) < 4.78 is 0. The van der Waals surface area contributed by atoms with Crippen LogP contribution in [0.15, 0.2) is 66.7 Å². The fraction of sp³-hybridized carbons (Fsp3) is 0.130. The molecule has 3 rings (SSSR count). The smallest absolute Gasteiger partial charge is 0.326 e. The first-order valence-corrected chi connectivity index (χ1v) is 10.7. The second kappa shape index (κ2) is 10.4. The Morgan fingerprint density at radius 1 is 0.806 bits per heavy atom. The molecule has 0 saturated carbocycles. The van der Waals surface area contributed by atoms with Crippen LogP contribution < -0.4 is 0 Å². The first-order valence-electron chi connectivity index (χ1n) is 9.22. The van der Waals surface area contributed by atoms with E-state index in [0.717, 1.165) is 5.56 Å². The zero-order valence-electron chi connectivity index (χ0n) is 16.1. The summed E-state index contributed by atoms with van der Waals surface area (Å²) in [5.41, 5.74) is 1.52. The van der Waals surface area contributed by atoms with Gasteiger partial charge in [0.15, 0.2) is 0 Å². The van der Waals surface area contributed by atoms with E-state index < -0.39 is 17.9 Å². The quantitative estimate of drug-likeness (QED) is 0.399. The van der Waals surface area contributed by atoms with E-state index in [2.05, 4.69) is 0 Å². The Bertz CT molecular complexity index is 1080. The van der Waals surface area contributed by atoms with E-state index in [1.807, 2.05) is 30.3 Å². The minimum absolute atomic E-state index is 0.0259. The van der Waals surface area contributed by atoms with Crippen molar-refractivity contribution in [1.82, 2.24) is 4.90 Å². The van der Waals surface area contributed by atoms with Crippen molar-refractivity contribution >= 4 is 58.3 Å². The maximum absolute atomic E-state index is 13.5. The summed E-state index contributed by atoms with van der Waals surface area (Å²) in [5.74, 6) is -1.68. The number of carbonyl (C=O) groups excluding carboxylic acids is 1. The highest BCUT2D eigenvalue weighted by Crippen LogP contribution is 2.26. The molecule has 0 spiro atoms. The lowest BCUT2D eigenvalue weighted by atomic mass is 10.0. The van der Waals surface area contributed by atoms with Gasteiger partial charge in [0.1, 0.15) is 6.04 Å². The van der Waals surface area contributed by atoms with Crippen molar-refractivity contribution in [3.8, 4) is 0 Å². The molecule has 0 fully saturated rings. The summed E-state index contributed by atoms with van der Waals surface area (Å²) in [7, 11) is 0. The fourth-order valence-electron chi connectivity index (χ4n) is 3.21. The number of nitrogens with zero attached hydrogens (tertiary/aromatic N) is 1. The lowest BCUT2D eigenvalue weighted by Crippen LogP contribution is -2.46. The number of carboxylic acid groups (broad SMARTS) is 1. The Hall–Kier alpha value is -2.24. The molecule has 0 heterocycles. The van der Waals surface area contributed by atoms with Crippen molar-refractivity contribution < 1.29 is 14.7 Å². The highest BCUT2D eigenvalue weighted by molar-refractivity contribution is 6.37. The Kier molecular flexibility index (Phi) is 7.84. The second-order valence-electron chi connectivity index (χ2n) is 6.88. The molecule has 0 bridgehead atoms. The lowest BCUT2D eigenvalue weighted by molar-refractivity contribution is -0.142. The van der Waals surface area contributed by atoms with E-state index >= 15 is 0 Å². The number of hydrogen-bond donors (Lipinski definition) is 1. The van der Waals surface area contributed by atoms with Crippen LogP contribution in [0, 0.1) is 0 Å². The molecule has 4 nitrogen and oxygen atoms in total. The predicted molar refractivity (Wildman–Crippen MR) is 124 cm³/mol. The van der Waals surface area contributed by atoms with Crippen LogP contribution in [-0.4, -0.2) is 27.9 Å². The fourth-order valence-corrected chi connectivity index (χ4v) is 4.27. The summed E-state index contributed by atoms with van der Waals surface area (Å²) in [6.07, 6.45) is 0.113. The first-order chi connectivity index (χ1) is 14.7. The van der Waals surface area contributed by atoms with Gasteiger partial charge in [-0.3, -0.25) is 4.79 Å². The number of carbonyl (C=O) groups is 2. The van der Waals surface area contributed by atoms with E-state index in [1.165, 1.54) is 23.1 Å². The molecule has 0 radical (unpaired) electrons. The molecule has 0 aromatic heterocycles. The first kappa shape index (κ1) is 23.4. The molecule has 3 aromatic rings. The third kappa shape index (κ3) is 6.14. The van der Waals surface area contributed by atoms with Gasteiger partial charge >= 0.3 is 5.97 Å². The van der Waals surface area contributed by atoms with Crippen LogP contribution in [0.5, 0.6) is 0 Å². The monoisotopic (exact) mass is 495 g/mol. The molecule has 0 saturated heterocycles. The van der Waals surface area contributed by atoms with Gasteiger partial charge in [0.05, 0.1) is 10.6 Å². The van der Waals surface area contributed by atoms with Crippen molar-refractivity contribution in [2.45, 2.75) is 19.0 Å². The number of amides is 1. The normalized spacial score (nSPS) is 11.7. The van der Waals surface area contributed by atoms with E-state index in [0.29, 0.717) is 20.6 Å². The average molecular weight is 497 g/mol. The Morgan fingerprint density at radius 3 is 2.03 bits per heavy atom. The molecule has 8 heteroatoms. The second-order valence-corrected chi connectivity index (χ2v) is 8.60. The van der Waals surface area contributed by atoms with Crippen LogP contribution >= 0.6 is 46.4 Å². The third-order valence-electron chi connectivity index (χ3n) is 4.63.